The molecule has 2 heterocycles. The van der Waals surface area contributed by atoms with Crippen molar-refractivity contribution >= 4 is 11.2 Å². The molecular weight excluding hydrogens is 128 g/mol. The van der Waals surface area contributed by atoms with E-state index >= 15 is 0 Å². The van der Waals surface area contributed by atoms with E-state index in [2.05, 4.69) is 15.2 Å². The predicted octanol–water partition coefficient (Wildman–Crippen LogP) is 0.363. The summed E-state index contributed by atoms with van der Waals surface area (Å²) in [4.78, 5) is 5.52. The highest BCUT2D eigenvalue weighted by Gasteiger charge is 1.96. The molecule has 4 nitrogen and oxygen atoms in total. The number of hydrogen-bond donors (Lipinski definition) is 0. The molecule has 0 fully saturated rings. The molecule has 0 spiro atoms. The van der Waals surface area contributed by atoms with Crippen molar-refractivity contribution in [1.82, 2.24) is 20.0 Å². The standard InChI is InChI=1S/C6H6N4/c1-10-8-5-3-2-4-7-6(5)9-10/h2-4H,1H3. The van der Waals surface area contributed by atoms with Crippen LogP contribution in [0.4, 0.5) is 0 Å². The minimum atomic E-state index is 0.699. The molecule has 0 N–H and O–H groups in total. The molecule has 0 saturated carbocycles. The van der Waals surface area contributed by atoms with E-state index in [4.69, 9.17) is 0 Å². The lowest BCUT2D eigenvalue weighted by Crippen LogP contribution is -1.90. The van der Waals surface area contributed by atoms with Crippen molar-refractivity contribution in [2.45, 2.75) is 0 Å². The summed E-state index contributed by atoms with van der Waals surface area (Å²) in [6.45, 7) is 0. The van der Waals surface area contributed by atoms with Crippen LogP contribution in [0.3, 0.4) is 0 Å². The van der Waals surface area contributed by atoms with Crippen LogP contribution in [0, 0.1) is 0 Å². The maximum Gasteiger partial charge on any atom is 0.201 e. The van der Waals surface area contributed by atoms with Crippen LogP contribution in [0.25, 0.3) is 11.2 Å². The molecule has 0 aromatic carbocycles. The second kappa shape index (κ2) is 1.76. The normalized spacial score (nSPS) is 10.5. The van der Waals surface area contributed by atoms with Crippen molar-refractivity contribution in [2.75, 3.05) is 0 Å². The van der Waals surface area contributed by atoms with Gasteiger partial charge in [0.05, 0.1) is 0 Å². The number of nitrogens with zero attached hydrogens (tertiary/aromatic N) is 4. The van der Waals surface area contributed by atoms with Crippen LogP contribution in [0.1, 0.15) is 0 Å². The fourth-order valence-corrected chi connectivity index (χ4v) is 0.859. The third-order valence-corrected chi connectivity index (χ3v) is 1.26. The zero-order valence-electron chi connectivity index (χ0n) is 5.52. The minimum absolute atomic E-state index is 0.699. The van der Waals surface area contributed by atoms with E-state index in [0.29, 0.717) is 5.65 Å². The highest BCUT2D eigenvalue weighted by Crippen LogP contribution is 2.01. The smallest absolute Gasteiger partial charge is 0.201 e. The van der Waals surface area contributed by atoms with E-state index < -0.39 is 0 Å². The Balaban J connectivity index is 2.88. The number of aryl methyl sites for hydroxylation is 1. The van der Waals surface area contributed by atoms with Gasteiger partial charge in [-0.05, 0) is 12.1 Å². The lowest BCUT2D eigenvalue weighted by Gasteiger charge is -1.77. The first-order chi connectivity index (χ1) is 4.86. The maximum atomic E-state index is 4.06. The molecule has 4 heteroatoms. The number of aromatic nitrogens is 4. The Hall–Kier alpha value is -1.45. The van der Waals surface area contributed by atoms with Crippen LogP contribution in [-0.2, 0) is 7.05 Å². The summed E-state index contributed by atoms with van der Waals surface area (Å²) in [5.41, 5.74) is 1.54. The largest absolute Gasteiger partial charge is 0.234 e. The van der Waals surface area contributed by atoms with Crippen molar-refractivity contribution in [3.63, 3.8) is 0 Å². The van der Waals surface area contributed by atoms with Crippen LogP contribution < -0.4 is 0 Å². The monoisotopic (exact) mass is 134 g/mol. The lowest BCUT2D eigenvalue weighted by atomic mass is 10.4. The average Bonchev–Trinajstić information content (AvgIpc) is 2.27. The summed E-state index contributed by atoms with van der Waals surface area (Å²) in [7, 11) is 1.78. The first-order valence-corrected chi connectivity index (χ1v) is 2.98. The fourth-order valence-electron chi connectivity index (χ4n) is 0.859. The third-order valence-electron chi connectivity index (χ3n) is 1.26. The molecule has 0 amide bonds. The zero-order valence-corrected chi connectivity index (χ0v) is 5.52. The Bertz CT molecular complexity index is 318. The Morgan fingerprint density at radius 2 is 2.30 bits per heavy atom. The van der Waals surface area contributed by atoms with Gasteiger partial charge in [-0.25, -0.2) is 4.98 Å². The van der Waals surface area contributed by atoms with Crippen molar-refractivity contribution in [3.05, 3.63) is 18.3 Å². The van der Waals surface area contributed by atoms with Crippen molar-refractivity contribution in [1.29, 1.82) is 0 Å². The molecule has 2 aromatic heterocycles. The molecule has 2 rings (SSSR count). The summed E-state index contributed by atoms with van der Waals surface area (Å²) in [5.74, 6) is 0. The van der Waals surface area contributed by atoms with E-state index in [1.807, 2.05) is 12.1 Å². The van der Waals surface area contributed by atoms with Gasteiger partial charge in [0.1, 0.15) is 5.52 Å². The van der Waals surface area contributed by atoms with Crippen LogP contribution in [0.5, 0.6) is 0 Å². The molecule has 0 aliphatic heterocycles. The molecule has 0 saturated heterocycles. The van der Waals surface area contributed by atoms with Gasteiger partial charge in [0.15, 0.2) is 0 Å². The number of hydrogen-bond acceptors (Lipinski definition) is 3. The molecular formula is C6H6N4. The van der Waals surface area contributed by atoms with Crippen molar-refractivity contribution < 1.29 is 0 Å². The minimum Gasteiger partial charge on any atom is -0.234 e. The van der Waals surface area contributed by atoms with Gasteiger partial charge in [0, 0.05) is 13.2 Å². The van der Waals surface area contributed by atoms with E-state index in [0.717, 1.165) is 5.52 Å². The Morgan fingerprint density at radius 3 is 3.10 bits per heavy atom. The summed E-state index contributed by atoms with van der Waals surface area (Å²) in [6.07, 6.45) is 1.71. The Labute approximate surface area is 57.5 Å². The van der Waals surface area contributed by atoms with Crippen molar-refractivity contribution in [2.24, 2.45) is 7.05 Å². The average molecular weight is 134 g/mol. The molecule has 0 unspecified atom stereocenters. The van der Waals surface area contributed by atoms with E-state index in [1.165, 1.54) is 4.80 Å². The number of rotatable bonds is 0. The van der Waals surface area contributed by atoms with E-state index in [1.54, 1.807) is 13.2 Å². The highest BCUT2D eigenvalue weighted by molar-refractivity contribution is 5.67. The molecule has 0 aliphatic carbocycles. The van der Waals surface area contributed by atoms with Gasteiger partial charge in [-0.2, -0.15) is 9.90 Å². The second-order valence-corrected chi connectivity index (χ2v) is 2.04. The first kappa shape index (κ1) is 5.34. The Morgan fingerprint density at radius 1 is 1.40 bits per heavy atom. The van der Waals surface area contributed by atoms with Gasteiger partial charge in [-0.3, -0.25) is 0 Å². The van der Waals surface area contributed by atoms with Crippen LogP contribution in [0.2, 0.25) is 0 Å². The topological polar surface area (TPSA) is 43.6 Å². The summed E-state index contributed by atoms with van der Waals surface area (Å²) in [5, 5.41) is 8.06. The van der Waals surface area contributed by atoms with Gasteiger partial charge < -0.3 is 0 Å². The first-order valence-electron chi connectivity index (χ1n) is 2.98. The summed E-state index contributed by atoms with van der Waals surface area (Å²) >= 11 is 0. The van der Waals surface area contributed by atoms with Gasteiger partial charge in [0.2, 0.25) is 5.65 Å². The van der Waals surface area contributed by atoms with E-state index in [9.17, 15) is 0 Å². The van der Waals surface area contributed by atoms with Crippen molar-refractivity contribution in [3.8, 4) is 0 Å². The molecule has 0 bridgehead atoms. The van der Waals surface area contributed by atoms with Gasteiger partial charge in [-0.1, -0.05) is 0 Å². The molecule has 0 aliphatic rings. The molecule has 50 valence electrons. The lowest BCUT2D eigenvalue weighted by molar-refractivity contribution is 0.663. The summed E-state index contributed by atoms with van der Waals surface area (Å²) in [6, 6.07) is 3.73. The number of fused-ring (bicyclic) bond motifs is 1. The molecule has 0 radical (unpaired) electrons. The molecule has 2 aromatic rings. The SMILES string of the molecule is Cn1nc2cccnc2n1. The van der Waals surface area contributed by atoms with Crippen LogP contribution >= 0.6 is 0 Å². The van der Waals surface area contributed by atoms with Gasteiger partial charge in [0.25, 0.3) is 0 Å². The maximum absolute atomic E-state index is 4.06. The third kappa shape index (κ3) is 0.655. The number of pyridine rings is 1. The van der Waals surface area contributed by atoms with E-state index in [-0.39, 0.29) is 0 Å². The van der Waals surface area contributed by atoms with Gasteiger partial charge >= 0.3 is 0 Å². The zero-order chi connectivity index (χ0) is 6.97. The summed E-state index contributed by atoms with van der Waals surface area (Å²) < 4.78 is 0. The van der Waals surface area contributed by atoms with Crippen LogP contribution in [0.15, 0.2) is 18.3 Å². The molecule has 0 atom stereocenters. The van der Waals surface area contributed by atoms with Crippen LogP contribution in [-0.4, -0.2) is 20.0 Å². The second-order valence-electron chi connectivity index (χ2n) is 2.04. The predicted molar refractivity (Wildman–Crippen MR) is 36.3 cm³/mol. The molecule has 10 heavy (non-hydrogen) atoms. The Kier molecular flexibility index (Phi) is 0.943. The van der Waals surface area contributed by atoms with Gasteiger partial charge in [-0.15, -0.1) is 5.10 Å². The highest BCUT2D eigenvalue weighted by atomic mass is 15.5. The fraction of sp³-hybridized carbons (Fsp3) is 0.167. The quantitative estimate of drug-likeness (QED) is 0.522.